The van der Waals surface area contributed by atoms with Gasteiger partial charge in [-0.15, -0.1) is 24.8 Å². The number of rotatable bonds is 2. The minimum Gasteiger partial charge on any atom is -0.399 e. The number of hydrogen-bond acceptors (Lipinski definition) is 4. The number of hydrogen-bond donors (Lipinski definition) is 2. The van der Waals surface area contributed by atoms with Gasteiger partial charge in [0.15, 0.2) is 0 Å². The van der Waals surface area contributed by atoms with Gasteiger partial charge in [0, 0.05) is 28.6 Å². The number of anilines is 2. The van der Waals surface area contributed by atoms with Crippen LogP contribution < -0.4 is 11.5 Å². The molecule has 0 bridgehead atoms. The highest BCUT2D eigenvalue weighted by Gasteiger charge is 2.13. The van der Waals surface area contributed by atoms with Crippen molar-refractivity contribution in [2.45, 2.75) is 6.92 Å². The Bertz CT molecular complexity index is 633. The second-order valence-corrected chi connectivity index (χ2v) is 4.11. The van der Waals surface area contributed by atoms with E-state index in [1.807, 2.05) is 0 Å². The van der Waals surface area contributed by atoms with Crippen molar-refractivity contribution in [3.63, 3.8) is 0 Å². The molecule has 0 heterocycles. The van der Waals surface area contributed by atoms with E-state index in [9.17, 15) is 10.1 Å². The highest BCUT2D eigenvalue weighted by molar-refractivity contribution is 5.85. The van der Waals surface area contributed by atoms with Gasteiger partial charge in [-0.1, -0.05) is 12.1 Å². The van der Waals surface area contributed by atoms with Crippen LogP contribution in [0.5, 0.6) is 0 Å². The fourth-order valence-electron chi connectivity index (χ4n) is 1.80. The number of nitro benzene ring substituents is 1. The Morgan fingerprint density at radius 2 is 1.70 bits per heavy atom. The van der Waals surface area contributed by atoms with E-state index < -0.39 is 4.92 Å². The number of nitro groups is 1. The summed E-state index contributed by atoms with van der Waals surface area (Å²) in [5, 5.41) is 10.9. The Morgan fingerprint density at radius 3 is 2.30 bits per heavy atom. The van der Waals surface area contributed by atoms with Crippen LogP contribution in [-0.4, -0.2) is 4.92 Å². The second-order valence-electron chi connectivity index (χ2n) is 4.11. The zero-order valence-electron chi connectivity index (χ0n) is 10.7. The smallest absolute Gasteiger partial charge is 0.272 e. The van der Waals surface area contributed by atoms with Crippen LogP contribution in [0.15, 0.2) is 36.4 Å². The molecule has 2 rings (SSSR count). The highest BCUT2D eigenvalue weighted by Crippen LogP contribution is 2.31. The van der Waals surface area contributed by atoms with Gasteiger partial charge in [-0.05, 0) is 30.7 Å². The number of halogens is 2. The molecule has 20 heavy (non-hydrogen) atoms. The number of nitrogens with zero attached hydrogens (tertiary/aromatic N) is 1. The van der Waals surface area contributed by atoms with Gasteiger partial charge in [-0.25, -0.2) is 0 Å². The fraction of sp³-hybridized carbons (Fsp3) is 0.0769. The van der Waals surface area contributed by atoms with E-state index in [0.717, 1.165) is 0 Å². The zero-order valence-corrected chi connectivity index (χ0v) is 12.3. The number of benzene rings is 2. The van der Waals surface area contributed by atoms with Crippen molar-refractivity contribution < 1.29 is 4.92 Å². The first-order valence-corrected chi connectivity index (χ1v) is 5.39. The molecule has 0 aromatic heterocycles. The molecular formula is C13H15Cl2N3O2. The van der Waals surface area contributed by atoms with E-state index in [1.165, 1.54) is 6.07 Å². The Balaban J connectivity index is 0.00000180. The molecule has 4 N–H and O–H groups in total. The maximum atomic E-state index is 10.9. The molecule has 0 aliphatic carbocycles. The lowest BCUT2D eigenvalue weighted by Gasteiger charge is -2.07. The van der Waals surface area contributed by atoms with Crippen molar-refractivity contribution in [2.24, 2.45) is 0 Å². The molecule has 108 valence electrons. The molecule has 0 spiro atoms. The average molecular weight is 316 g/mol. The Morgan fingerprint density at radius 1 is 1.05 bits per heavy atom. The van der Waals surface area contributed by atoms with E-state index in [0.29, 0.717) is 28.1 Å². The van der Waals surface area contributed by atoms with E-state index in [4.69, 9.17) is 11.5 Å². The molecule has 0 aliphatic rings. The number of nitrogens with two attached hydrogens (primary N) is 2. The summed E-state index contributed by atoms with van der Waals surface area (Å²) in [6.45, 7) is 1.70. The van der Waals surface area contributed by atoms with Crippen LogP contribution in [0.4, 0.5) is 17.1 Å². The van der Waals surface area contributed by atoms with Gasteiger partial charge in [-0.2, -0.15) is 0 Å². The predicted molar refractivity (Wildman–Crippen MR) is 86.6 cm³/mol. The van der Waals surface area contributed by atoms with Crippen molar-refractivity contribution in [3.05, 3.63) is 52.1 Å². The van der Waals surface area contributed by atoms with Gasteiger partial charge < -0.3 is 11.5 Å². The molecule has 7 heteroatoms. The summed E-state index contributed by atoms with van der Waals surface area (Å²) in [7, 11) is 0. The van der Waals surface area contributed by atoms with Crippen LogP contribution in [0.1, 0.15) is 5.56 Å². The quantitative estimate of drug-likeness (QED) is 0.503. The Labute approximate surface area is 128 Å². The molecule has 0 aliphatic heterocycles. The molecular weight excluding hydrogens is 301 g/mol. The molecule has 0 saturated carbocycles. The summed E-state index contributed by atoms with van der Waals surface area (Å²) in [5.41, 5.74) is 14.8. The van der Waals surface area contributed by atoms with Crippen molar-refractivity contribution in [2.75, 3.05) is 11.5 Å². The van der Waals surface area contributed by atoms with Crippen LogP contribution in [0.2, 0.25) is 0 Å². The third-order valence-corrected chi connectivity index (χ3v) is 2.79. The van der Waals surface area contributed by atoms with E-state index in [2.05, 4.69) is 0 Å². The van der Waals surface area contributed by atoms with Crippen molar-refractivity contribution in [1.29, 1.82) is 0 Å². The molecule has 0 amide bonds. The first kappa shape index (κ1) is 18.0. The second kappa shape index (κ2) is 6.98. The lowest BCUT2D eigenvalue weighted by Crippen LogP contribution is -1.95. The van der Waals surface area contributed by atoms with Crippen LogP contribution in [0.3, 0.4) is 0 Å². The van der Waals surface area contributed by atoms with Gasteiger partial charge in [0.1, 0.15) is 0 Å². The predicted octanol–water partition coefficient (Wildman–Crippen LogP) is 3.58. The number of aryl methyl sites for hydroxylation is 1. The van der Waals surface area contributed by atoms with Gasteiger partial charge >= 0.3 is 0 Å². The minimum absolute atomic E-state index is 0. The third-order valence-electron chi connectivity index (χ3n) is 2.79. The van der Waals surface area contributed by atoms with E-state index in [-0.39, 0.29) is 30.5 Å². The van der Waals surface area contributed by atoms with E-state index in [1.54, 1.807) is 37.3 Å². The van der Waals surface area contributed by atoms with Gasteiger partial charge in [0.2, 0.25) is 0 Å². The van der Waals surface area contributed by atoms with Gasteiger partial charge in [0.05, 0.1) is 4.92 Å². The average Bonchev–Trinajstić information content (AvgIpc) is 2.33. The molecule has 0 fully saturated rings. The summed E-state index contributed by atoms with van der Waals surface area (Å²) >= 11 is 0. The third kappa shape index (κ3) is 3.53. The van der Waals surface area contributed by atoms with Crippen molar-refractivity contribution >= 4 is 41.9 Å². The topological polar surface area (TPSA) is 95.2 Å². The zero-order chi connectivity index (χ0) is 13.3. The summed E-state index contributed by atoms with van der Waals surface area (Å²) in [6, 6.07) is 10.1. The molecule has 0 saturated heterocycles. The monoisotopic (exact) mass is 315 g/mol. The lowest BCUT2D eigenvalue weighted by atomic mass is 10.0. The van der Waals surface area contributed by atoms with Crippen molar-refractivity contribution in [3.8, 4) is 11.1 Å². The van der Waals surface area contributed by atoms with Crippen LogP contribution in [0.25, 0.3) is 11.1 Å². The maximum Gasteiger partial charge on any atom is 0.272 e. The van der Waals surface area contributed by atoms with Crippen LogP contribution >= 0.6 is 24.8 Å². The summed E-state index contributed by atoms with van der Waals surface area (Å²) in [4.78, 5) is 10.5. The lowest BCUT2D eigenvalue weighted by molar-refractivity contribution is -0.385. The largest absolute Gasteiger partial charge is 0.399 e. The molecule has 0 atom stereocenters. The first-order chi connectivity index (χ1) is 8.49. The molecule has 0 radical (unpaired) electrons. The summed E-state index contributed by atoms with van der Waals surface area (Å²) in [5.74, 6) is 0. The molecule has 2 aromatic carbocycles. The van der Waals surface area contributed by atoms with Gasteiger partial charge in [-0.3, -0.25) is 10.1 Å². The Hall–Kier alpha value is -1.98. The summed E-state index contributed by atoms with van der Waals surface area (Å²) < 4.78 is 0. The minimum atomic E-state index is -0.401. The SMILES string of the molecule is Cc1ccc(-c2cc(N)ccc2N)cc1[N+](=O)[O-].Cl.Cl. The normalized spacial score (nSPS) is 9.25. The standard InChI is InChI=1S/C13H13N3O2.2ClH/c1-8-2-3-9(6-13(8)16(17)18)11-7-10(14)4-5-12(11)15;;/h2-7H,14-15H2,1H3;2*1H. The highest BCUT2D eigenvalue weighted by atomic mass is 35.5. The molecule has 2 aromatic rings. The molecule has 0 unspecified atom stereocenters. The van der Waals surface area contributed by atoms with Crippen LogP contribution in [0, 0.1) is 17.0 Å². The van der Waals surface area contributed by atoms with Crippen molar-refractivity contribution in [1.82, 2.24) is 0 Å². The summed E-state index contributed by atoms with van der Waals surface area (Å²) in [6.07, 6.45) is 0. The van der Waals surface area contributed by atoms with E-state index >= 15 is 0 Å². The maximum absolute atomic E-state index is 10.9. The fourth-order valence-corrected chi connectivity index (χ4v) is 1.80. The first-order valence-electron chi connectivity index (χ1n) is 5.39. The van der Waals surface area contributed by atoms with Gasteiger partial charge in [0.25, 0.3) is 5.69 Å². The Kier molecular flexibility index (Phi) is 6.29. The molecule has 5 nitrogen and oxygen atoms in total. The number of nitrogen functional groups attached to an aromatic ring is 2. The van der Waals surface area contributed by atoms with Crippen LogP contribution in [-0.2, 0) is 0 Å².